The van der Waals surface area contributed by atoms with E-state index < -0.39 is 17.7 Å². The molecule has 0 unspecified atom stereocenters. The number of hydrogen-bond acceptors (Lipinski definition) is 2. The van der Waals surface area contributed by atoms with Gasteiger partial charge in [0.15, 0.2) is 5.78 Å². The second kappa shape index (κ2) is 6.56. The highest BCUT2D eigenvalue weighted by Crippen LogP contribution is 2.31. The normalized spacial score (nSPS) is 12.7. The Hall–Kier alpha value is -2.43. The summed E-state index contributed by atoms with van der Waals surface area (Å²) in [5, 5.41) is 0. The van der Waals surface area contributed by atoms with Crippen LogP contribution in [0, 0.1) is 0 Å². The van der Waals surface area contributed by atoms with Gasteiger partial charge in [-0.25, -0.2) is 0 Å². The van der Waals surface area contributed by atoms with Gasteiger partial charge < -0.3 is 4.79 Å². The highest BCUT2D eigenvalue weighted by molar-refractivity contribution is 6.01. The minimum atomic E-state index is -4.43. The van der Waals surface area contributed by atoms with Gasteiger partial charge in [0, 0.05) is 12.0 Å². The van der Waals surface area contributed by atoms with Gasteiger partial charge in [-0.3, -0.25) is 4.79 Å². The van der Waals surface area contributed by atoms with Crippen molar-refractivity contribution in [3.05, 3.63) is 71.3 Å². The van der Waals surface area contributed by atoms with E-state index in [1.165, 1.54) is 12.1 Å². The predicted octanol–water partition coefficient (Wildman–Crippen LogP) is 4.26. The number of rotatable bonds is 5. The van der Waals surface area contributed by atoms with Crippen molar-refractivity contribution < 1.29 is 22.8 Å². The van der Waals surface area contributed by atoms with Gasteiger partial charge in [0.05, 0.1) is 11.5 Å². The third-order valence-corrected chi connectivity index (χ3v) is 3.35. The largest absolute Gasteiger partial charge is 0.416 e. The van der Waals surface area contributed by atoms with Crippen molar-refractivity contribution in [2.45, 2.75) is 18.5 Å². The molecule has 2 aromatic carbocycles. The fraction of sp³-hybridized carbons (Fsp3) is 0.176. The lowest BCUT2D eigenvalue weighted by atomic mass is 9.88. The standard InChI is InChI=1S/C17H13F3O2/c18-17(19,20)14-8-6-12(7-9-14)15(10-11-21)16(22)13-4-2-1-3-5-13/h1-9,11,15H,10H2/t15-/m0/s1. The zero-order chi connectivity index (χ0) is 16.2. The van der Waals surface area contributed by atoms with E-state index in [9.17, 15) is 22.8 Å². The molecule has 0 fully saturated rings. The molecule has 0 aliphatic rings. The molecular weight excluding hydrogens is 293 g/mol. The zero-order valence-corrected chi connectivity index (χ0v) is 11.5. The summed E-state index contributed by atoms with van der Waals surface area (Å²) in [6.07, 6.45) is -3.90. The van der Waals surface area contributed by atoms with Gasteiger partial charge in [-0.15, -0.1) is 0 Å². The van der Waals surface area contributed by atoms with Crippen LogP contribution in [0.15, 0.2) is 54.6 Å². The van der Waals surface area contributed by atoms with Crippen LogP contribution in [0.25, 0.3) is 0 Å². The number of benzene rings is 2. The van der Waals surface area contributed by atoms with Crippen LogP contribution in [-0.2, 0) is 11.0 Å². The van der Waals surface area contributed by atoms with Gasteiger partial charge >= 0.3 is 6.18 Å². The molecule has 114 valence electrons. The number of aldehydes is 1. The molecule has 0 spiro atoms. The molecule has 0 aromatic heterocycles. The smallest absolute Gasteiger partial charge is 0.303 e. The number of alkyl halides is 3. The number of halogens is 3. The van der Waals surface area contributed by atoms with Crippen LogP contribution in [0.3, 0.4) is 0 Å². The molecule has 0 radical (unpaired) electrons. The Balaban J connectivity index is 2.32. The molecule has 0 amide bonds. The minimum Gasteiger partial charge on any atom is -0.303 e. The van der Waals surface area contributed by atoms with E-state index in [1.807, 2.05) is 0 Å². The molecular formula is C17H13F3O2. The van der Waals surface area contributed by atoms with Gasteiger partial charge in [0.1, 0.15) is 6.29 Å². The van der Waals surface area contributed by atoms with Crippen molar-refractivity contribution in [3.63, 3.8) is 0 Å². The summed E-state index contributed by atoms with van der Waals surface area (Å²) in [7, 11) is 0. The quantitative estimate of drug-likeness (QED) is 0.611. The molecule has 1 atom stereocenters. The molecule has 0 saturated heterocycles. The molecule has 2 nitrogen and oxygen atoms in total. The van der Waals surface area contributed by atoms with Crippen molar-refractivity contribution in [1.29, 1.82) is 0 Å². The van der Waals surface area contributed by atoms with Gasteiger partial charge in [0.25, 0.3) is 0 Å². The second-order valence-electron chi connectivity index (χ2n) is 4.80. The highest BCUT2D eigenvalue weighted by Gasteiger charge is 2.30. The van der Waals surface area contributed by atoms with Crippen LogP contribution in [0.4, 0.5) is 13.2 Å². The van der Waals surface area contributed by atoms with Crippen LogP contribution in [0.2, 0.25) is 0 Å². The van der Waals surface area contributed by atoms with Crippen molar-refractivity contribution in [2.24, 2.45) is 0 Å². The van der Waals surface area contributed by atoms with Crippen LogP contribution in [0.5, 0.6) is 0 Å². The average Bonchev–Trinajstić information content (AvgIpc) is 2.52. The van der Waals surface area contributed by atoms with E-state index in [-0.39, 0.29) is 12.2 Å². The Morgan fingerprint density at radius 2 is 1.59 bits per heavy atom. The first-order valence-corrected chi connectivity index (χ1v) is 6.63. The molecule has 2 aromatic rings. The number of carbonyl (C=O) groups excluding carboxylic acids is 2. The summed E-state index contributed by atoms with van der Waals surface area (Å²) in [4.78, 5) is 23.3. The number of hydrogen-bond donors (Lipinski definition) is 0. The Morgan fingerprint density at radius 1 is 1.00 bits per heavy atom. The Bertz CT molecular complexity index is 646. The van der Waals surface area contributed by atoms with Crippen LogP contribution in [0.1, 0.15) is 33.8 Å². The Morgan fingerprint density at radius 3 is 2.09 bits per heavy atom. The van der Waals surface area contributed by atoms with Crippen molar-refractivity contribution in [1.82, 2.24) is 0 Å². The first kappa shape index (κ1) is 15.9. The SMILES string of the molecule is O=CC[C@H](C(=O)c1ccccc1)c1ccc(C(F)(F)F)cc1. The van der Waals surface area contributed by atoms with Gasteiger partial charge in [0.2, 0.25) is 0 Å². The van der Waals surface area contributed by atoms with Crippen LogP contribution < -0.4 is 0 Å². The van der Waals surface area contributed by atoms with E-state index in [0.717, 1.165) is 12.1 Å². The fourth-order valence-electron chi connectivity index (χ4n) is 2.20. The maximum atomic E-state index is 12.6. The maximum Gasteiger partial charge on any atom is 0.416 e. The molecule has 0 bridgehead atoms. The number of ketones is 1. The zero-order valence-electron chi connectivity index (χ0n) is 11.5. The molecule has 0 aliphatic heterocycles. The summed E-state index contributed by atoms with van der Waals surface area (Å²) in [6, 6.07) is 12.7. The summed E-state index contributed by atoms with van der Waals surface area (Å²) in [5.74, 6) is -1.06. The average molecular weight is 306 g/mol. The molecule has 0 heterocycles. The Kier molecular flexibility index (Phi) is 4.75. The summed E-state index contributed by atoms with van der Waals surface area (Å²) < 4.78 is 37.7. The first-order valence-electron chi connectivity index (χ1n) is 6.63. The summed E-state index contributed by atoms with van der Waals surface area (Å²) in [5.41, 5.74) is 0.0384. The van der Waals surface area contributed by atoms with Gasteiger partial charge in [-0.1, -0.05) is 42.5 Å². The van der Waals surface area contributed by atoms with Crippen LogP contribution >= 0.6 is 0 Å². The van der Waals surface area contributed by atoms with Crippen molar-refractivity contribution >= 4 is 12.1 Å². The predicted molar refractivity (Wildman–Crippen MR) is 75.6 cm³/mol. The van der Waals surface area contributed by atoms with E-state index >= 15 is 0 Å². The van der Waals surface area contributed by atoms with Gasteiger partial charge in [-0.05, 0) is 17.7 Å². The van der Waals surface area contributed by atoms with Crippen LogP contribution in [-0.4, -0.2) is 12.1 Å². The molecule has 2 rings (SSSR count). The fourth-order valence-corrected chi connectivity index (χ4v) is 2.20. The van der Waals surface area contributed by atoms with Crippen molar-refractivity contribution in [3.8, 4) is 0 Å². The second-order valence-corrected chi connectivity index (χ2v) is 4.80. The monoisotopic (exact) mass is 306 g/mol. The molecule has 0 aliphatic carbocycles. The minimum absolute atomic E-state index is 0.0703. The highest BCUT2D eigenvalue weighted by atomic mass is 19.4. The maximum absolute atomic E-state index is 12.6. The summed E-state index contributed by atoms with van der Waals surface area (Å²) >= 11 is 0. The number of carbonyl (C=O) groups is 2. The third-order valence-electron chi connectivity index (χ3n) is 3.35. The van der Waals surface area contributed by atoms with Gasteiger partial charge in [-0.2, -0.15) is 13.2 Å². The van der Waals surface area contributed by atoms with E-state index in [0.29, 0.717) is 17.4 Å². The third kappa shape index (κ3) is 3.61. The lowest BCUT2D eigenvalue weighted by molar-refractivity contribution is -0.137. The topological polar surface area (TPSA) is 34.1 Å². The Labute approximate surface area is 125 Å². The lowest BCUT2D eigenvalue weighted by Gasteiger charge is -2.15. The molecule has 0 N–H and O–H groups in total. The number of Topliss-reactive ketones (excluding diaryl/α,β-unsaturated/α-hetero) is 1. The van der Waals surface area contributed by atoms with E-state index in [1.54, 1.807) is 30.3 Å². The molecule has 0 saturated carbocycles. The molecule has 22 heavy (non-hydrogen) atoms. The lowest BCUT2D eigenvalue weighted by Crippen LogP contribution is -2.14. The van der Waals surface area contributed by atoms with E-state index in [2.05, 4.69) is 0 Å². The summed E-state index contributed by atoms with van der Waals surface area (Å²) in [6.45, 7) is 0. The molecule has 5 heteroatoms. The first-order chi connectivity index (χ1) is 10.4. The van der Waals surface area contributed by atoms with Crippen molar-refractivity contribution in [2.75, 3.05) is 0 Å². The van der Waals surface area contributed by atoms with E-state index in [4.69, 9.17) is 0 Å².